The van der Waals surface area contributed by atoms with E-state index in [-0.39, 0.29) is 11.9 Å². The highest BCUT2D eigenvalue weighted by atomic mass is 32.2. The van der Waals surface area contributed by atoms with E-state index in [1.807, 2.05) is 63.2 Å². The first-order chi connectivity index (χ1) is 13.9. The minimum Gasteiger partial charge on any atom is -0.368 e. The number of para-hydroxylation sites is 1. The fourth-order valence-corrected chi connectivity index (χ4v) is 3.42. The first kappa shape index (κ1) is 20.6. The summed E-state index contributed by atoms with van der Waals surface area (Å²) in [6, 6.07) is 13.8. The van der Waals surface area contributed by atoms with Crippen molar-refractivity contribution in [2.24, 2.45) is 0 Å². The van der Waals surface area contributed by atoms with Gasteiger partial charge in [-0.2, -0.15) is 15.0 Å². The number of aryl methyl sites for hydroxylation is 3. The standard InChI is InChI=1S/C21H24N6OS/c1-13-7-9-16(10-8-13)23-21-25-17(24-20(22)27-21)11-29-12-18(28)26-19-14(2)5-4-6-15(19)3/h4-10H,11-12H2,1-3H3,(H,26,28)(H3,22,23,24,25,27). The number of hydrogen-bond acceptors (Lipinski definition) is 7. The van der Waals surface area contributed by atoms with Crippen LogP contribution in [-0.2, 0) is 10.5 Å². The van der Waals surface area contributed by atoms with Gasteiger partial charge in [0.1, 0.15) is 5.82 Å². The summed E-state index contributed by atoms with van der Waals surface area (Å²) in [5.74, 6) is 1.74. The van der Waals surface area contributed by atoms with Gasteiger partial charge >= 0.3 is 0 Å². The molecule has 7 nitrogen and oxygen atoms in total. The second kappa shape index (κ2) is 9.38. The van der Waals surface area contributed by atoms with Crippen LogP contribution < -0.4 is 16.4 Å². The fourth-order valence-electron chi connectivity index (χ4n) is 2.75. The highest BCUT2D eigenvalue weighted by Crippen LogP contribution is 2.20. The average Bonchev–Trinajstić information content (AvgIpc) is 2.66. The molecule has 0 aliphatic rings. The van der Waals surface area contributed by atoms with Gasteiger partial charge in [-0.1, -0.05) is 35.9 Å². The molecule has 2 aromatic carbocycles. The van der Waals surface area contributed by atoms with E-state index < -0.39 is 0 Å². The van der Waals surface area contributed by atoms with Gasteiger partial charge < -0.3 is 16.4 Å². The second-order valence-corrected chi connectivity index (χ2v) is 7.72. The maximum Gasteiger partial charge on any atom is 0.234 e. The number of carbonyl (C=O) groups excluding carboxylic acids is 1. The number of benzene rings is 2. The van der Waals surface area contributed by atoms with Crippen LogP contribution in [0.3, 0.4) is 0 Å². The number of hydrogen-bond donors (Lipinski definition) is 3. The summed E-state index contributed by atoms with van der Waals surface area (Å²) < 4.78 is 0. The number of thioether (sulfide) groups is 1. The van der Waals surface area contributed by atoms with E-state index in [0.29, 0.717) is 23.3 Å². The van der Waals surface area contributed by atoms with E-state index in [1.165, 1.54) is 17.3 Å². The molecule has 0 saturated heterocycles. The Labute approximate surface area is 174 Å². The summed E-state index contributed by atoms with van der Waals surface area (Å²) in [6.45, 7) is 5.98. The van der Waals surface area contributed by atoms with Crippen molar-refractivity contribution in [1.82, 2.24) is 15.0 Å². The molecule has 0 unspecified atom stereocenters. The zero-order valence-corrected chi connectivity index (χ0v) is 17.5. The lowest BCUT2D eigenvalue weighted by molar-refractivity contribution is -0.113. The molecule has 0 aliphatic carbocycles. The SMILES string of the molecule is Cc1ccc(Nc2nc(N)nc(CSCC(=O)Nc3c(C)cccc3C)n2)cc1. The number of nitrogens with zero attached hydrogens (tertiary/aromatic N) is 3. The molecule has 0 saturated carbocycles. The summed E-state index contributed by atoms with van der Waals surface area (Å²) in [6.07, 6.45) is 0. The van der Waals surface area contributed by atoms with Crippen LogP contribution in [-0.4, -0.2) is 26.6 Å². The second-order valence-electron chi connectivity index (χ2n) is 6.73. The van der Waals surface area contributed by atoms with Crippen molar-refractivity contribution in [2.75, 3.05) is 22.1 Å². The van der Waals surface area contributed by atoms with Gasteiger partial charge in [0.25, 0.3) is 0 Å². The largest absolute Gasteiger partial charge is 0.368 e. The van der Waals surface area contributed by atoms with Crippen molar-refractivity contribution in [3.8, 4) is 0 Å². The number of nitrogens with one attached hydrogen (secondary N) is 2. The van der Waals surface area contributed by atoms with Gasteiger partial charge in [-0.05, 0) is 44.0 Å². The molecule has 0 spiro atoms. The molecule has 1 amide bonds. The third-order valence-electron chi connectivity index (χ3n) is 4.22. The zero-order valence-electron chi connectivity index (χ0n) is 16.7. The normalized spacial score (nSPS) is 10.6. The predicted octanol–water partition coefficient (Wildman–Crippen LogP) is 3.99. The molecule has 0 fully saturated rings. The predicted molar refractivity (Wildman–Crippen MR) is 119 cm³/mol. The Hall–Kier alpha value is -3.13. The van der Waals surface area contributed by atoms with E-state index in [0.717, 1.165) is 22.5 Å². The lowest BCUT2D eigenvalue weighted by Gasteiger charge is -2.11. The van der Waals surface area contributed by atoms with Crippen molar-refractivity contribution < 1.29 is 4.79 Å². The fraction of sp³-hybridized carbons (Fsp3) is 0.238. The first-order valence-corrected chi connectivity index (χ1v) is 10.3. The third-order valence-corrected chi connectivity index (χ3v) is 5.15. The molecular weight excluding hydrogens is 384 g/mol. The zero-order chi connectivity index (χ0) is 20.8. The van der Waals surface area contributed by atoms with Crippen LogP contribution in [0.4, 0.5) is 23.3 Å². The van der Waals surface area contributed by atoms with E-state index in [4.69, 9.17) is 5.73 Å². The van der Waals surface area contributed by atoms with Crippen molar-refractivity contribution in [3.63, 3.8) is 0 Å². The summed E-state index contributed by atoms with van der Waals surface area (Å²) >= 11 is 1.42. The lowest BCUT2D eigenvalue weighted by atomic mass is 10.1. The van der Waals surface area contributed by atoms with Gasteiger partial charge in [0, 0.05) is 11.4 Å². The highest BCUT2D eigenvalue weighted by molar-refractivity contribution is 7.99. The molecule has 8 heteroatoms. The maximum absolute atomic E-state index is 12.3. The third kappa shape index (κ3) is 5.92. The summed E-state index contributed by atoms with van der Waals surface area (Å²) in [4.78, 5) is 25.0. The van der Waals surface area contributed by atoms with E-state index >= 15 is 0 Å². The molecule has 0 radical (unpaired) electrons. The Kier molecular flexibility index (Phi) is 6.66. The van der Waals surface area contributed by atoms with Crippen LogP contribution in [0.5, 0.6) is 0 Å². The maximum atomic E-state index is 12.3. The van der Waals surface area contributed by atoms with Gasteiger partial charge in [-0.15, -0.1) is 11.8 Å². The molecule has 0 atom stereocenters. The summed E-state index contributed by atoms with van der Waals surface area (Å²) in [5, 5.41) is 6.10. The lowest BCUT2D eigenvalue weighted by Crippen LogP contribution is -2.16. The van der Waals surface area contributed by atoms with Crippen molar-refractivity contribution in [2.45, 2.75) is 26.5 Å². The highest BCUT2D eigenvalue weighted by Gasteiger charge is 2.10. The Balaban J connectivity index is 1.57. The number of nitrogens with two attached hydrogens (primary N) is 1. The van der Waals surface area contributed by atoms with Crippen molar-refractivity contribution in [3.05, 3.63) is 65.0 Å². The van der Waals surface area contributed by atoms with Gasteiger partial charge in [0.05, 0.1) is 11.5 Å². The Bertz CT molecular complexity index is 986. The quantitative estimate of drug-likeness (QED) is 0.543. The molecule has 0 aliphatic heterocycles. The summed E-state index contributed by atoms with van der Waals surface area (Å²) in [7, 11) is 0. The van der Waals surface area contributed by atoms with Crippen LogP contribution >= 0.6 is 11.8 Å². The number of amides is 1. The van der Waals surface area contributed by atoms with Gasteiger partial charge in [0.15, 0.2) is 0 Å². The van der Waals surface area contributed by atoms with Gasteiger partial charge in [-0.25, -0.2) is 0 Å². The smallest absolute Gasteiger partial charge is 0.234 e. The Morgan fingerprint density at radius 2 is 1.69 bits per heavy atom. The first-order valence-electron chi connectivity index (χ1n) is 9.18. The molecule has 1 heterocycles. The van der Waals surface area contributed by atoms with E-state index in [2.05, 4.69) is 25.6 Å². The van der Waals surface area contributed by atoms with E-state index in [9.17, 15) is 4.79 Å². The Morgan fingerprint density at radius 3 is 2.38 bits per heavy atom. The van der Waals surface area contributed by atoms with Crippen LogP contribution in [0.1, 0.15) is 22.5 Å². The molecule has 0 bridgehead atoms. The van der Waals surface area contributed by atoms with Gasteiger partial charge in [0.2, 0.25) is 17.8 Å². The summed E-state index contributed by atoms with van der Waals surface area (Å²) in [5.41, 5.74) is 10.8. The van der Waals surface area contributed by atoms with Crippen LogP contribution in [0, 0.1) is 20.8 Å². The molecule has 29 heavy (non-hydrogen) atoms. The number of anilines is 4. The average molecular weight is 409 g/mol. The van der Waals surface area contributed by atoms with Crippen LogP contribution in [0.15, 0.2) is 42.5 Å². The van der Waals surface area contributed by atoms with Crippen LogP contribution in [0.2, 0.25) is 0 Å². The van der Waals surface area contributed by atoms with Crippen molar-refractivity contribution >= 4 is 40.9 Å². The Morgan fingerprint density at radius 1 is 1.00 bits per heavy atom. The minimum atomic E-state index is -0.0626. The minimum absolute atomic E-state index is 0.0626. The number of rotatable bonds is 7. The molecule has 4 N–H and O–H groups in total. The van der Waals surface area contributed by atoms with Crippen molar-refractivity contribution in [1.29, 1.82) is 0 Å². The number of aromatic nitrogens is 3. The van der Waals surface area contributed by atoms with Gasteiger partial charge in [-0.3, -0.25) is 4.79 Å². The molecule has 3 aromatic rings. The molecule has 3 rings (SSSR count). The van der Waals surface area contributed by atoms with Crippen LogP contribution in [0.25, 0.3) is 0 Å². The monoisotopic (exact) mass is 408 g/mol. The number of carbonyl (C=O) groups is 1. The van der Waals surface area contributed by atoms with E-state index in [1.54, 1.807) is 0 Å². The molecule has 150 valence electrons. The topological polar surface area (TPSA) is 106 Å². The molecule has 1 aromatic heterocycles. The molecular formula is C21H24N6OS. The number of nitrogen functional groups attached to an aromatic ring is 1.